The van der Waals surface area contributed by atoms with Crippen LogP contribution in [0.15, 0.2) is 0 Å². The van der Waals surface area contributed by atoms with Gasteiger partial charge in [-0.3, -0.25) is 4.79 Å². The van der Waals surface area contributed by atoms with Gasteiger partial charge in [0, 0.05) is 37.7 Å². The Balaban J connectivity index is 0. The zero-order chi connectivity index (χ0) is 9.78. The molecule has 0 aliphatic rings. The molecule has 0 saturated carbocycles. The number of carbonyl (C=O) groups excluding carboxylic acids is 2. The molecule has 0 fully saturated rings. The number of hydrogen-bond donors (Lipinski definition) is 2. The zero-order valence-corrected chi connectivity index (χ0v) is 8.57. The molecule has 2 amide bonds. The van der Waals surface area contributed by atoms with Crippen molar-refractivity contribution in [3.05, 3.63) is 0 Å². The van der Waals surface area contributed by atoms with E-state index in [0.29, 0.717) is 0 Å². The van der Waals surface area contributed by atoms with Gasteiger partial charge >= 0.3 is 6.09 Å². The summed E-state index contributed by atoms with van der Waals surface area (Å²) in [6.45, 7) is 5.00. The average Bonchev–Trinajstić information content (AvgIpc) is 1.79. The molecule has 0 aromatic heterocycles. The van der Waals surface area contributed by atoms with Gasteiger partial charge in [-0.15, -0.1) is 0 Å². The summed E-state index contributed by atoms with van der Waals surface area (Å²) in [7, 11) is 0. The van der Waals surface area contributed by atoms with Gasteiger partial charge in [0.15, 0.2) is 0 Å². The Labute approximate surface area is 107 Å². The van der Waals surface area contributed by atoms with Crippen LogP contribution in [0.5, 0.6) is 0 Å². The Morgan fingerprint density at radius 2 is 1.85 bits per heavy atom. The molecule has 0 aromatic rings. The number of ether oxygens (including phenoxy) is 1. The number of nitrogens with one attached hydrogen (secondary N) is 1. The third-order valence-electron chi connectivity index (χ3n) is 0.806. The van der Waals surface area contributed by atoms with Crippen LogP contribution in [0.3, 0.4) is 0 Å². The molecule has 0 bridgehead atoms. The molecule has 13 heavy (non-hydrogen) atoms. The van der Waals surface area contributed by atoms with Crippen molar-refractivity contribution in [2.75, 3.05) is 6.54 Å². The first-order valence-corrected chi connectivity index (χ1v) is 3.56. The predicted octanol–water partition coefficient (Wildman–Crippen LogP) is -0.00360. The van der Waals surface area contributed by atoms with Crippen LogP contribution < -0.4 is 11.1 Å². The van der Waals surface area contributed by atoms with E-state index < -0.39 is 17.6 Å². The van der Waals surface area contributed by atoms with Crippen LogP contribution in [0.2, 0.25) is 0 Å². The second-order valence-corrected chi connectivity index (χ2v) is 3.32. The maximum absolute atomic E-state index is 10.8. The Hall–Kier alpha value is -0.000260. The van der Waals surface area contributed by atoms with Crippen LogP contribution in [0.25, 0.3) is 0 Å². The first-order chi connectivity index (χ1) is 5.31. The standard InChI is InChI=1S/C7H14N2O3.Ar/c1-7(2,3)12-6(11)9-4-5(8)10;/h4H2,1-3H3,(H2,8,10)(H,9,11);. The SMILES string of the molecule is CC(C)(C)OC(=O)NCC(N)=O.[Ar]. The van der Waals surface area contributed by atoms with Crippen molar-refractivity contribution in [2.24, 2.45) is 5.73 Å². The summed E-state index contributed by atoms with van der Waals surface area (Å²) < 4.78 is 4.83. The fourth-order valence-electron chi connectivity index (χ4n) is 0.473. The van der Waals surface area contributed by atoms with E-state index in [1.165, 1.54) is 0 Å². The molecule has 0 heterocycles. The molecule has 0 saturated heterocycles. The molecule has 0 atom stereocenters. The molecule has 3 N–H and O–H groups in total. The minimum absolute atomic E-state index is 0. The first-order valence-electron chi connectivity index (χ1n) is 3.56. The van der Waals surface area contributed by atoms with Gasteiger partial charge in [-0.2, -0.15) is 0 Å². The van der Waals surface area contributed by atoms with Gasteiger partial charge in [-0.1, -0.05) is 0 Å². The molecule has 0 aliphatic carbocycles. The van der Waals surface area contributed by atoms with E-state index in [1.54, 1.807) is 20.8 Å². The molecule has 0 unspecified atom stereocenters. The van der Waals surface area contributed by atoms with Crippen molar-refractivity contribution in [1.29, 1.82) is 0 Å². The second-order valence-electron chi connectivity index (χ2n) is 3.32. The molecule has 0 spiro atoms. The van der Waals surface area contributed by atoms with Crippen molar-refractivity contribution in [2.45, 2.75) is 26.4 Å². The summed E-state index contributed by atoms with van der Waals surface area (Å²) in [5, 5.41) is 2.20. The maximum Gasteiger partial charge on any atom is 0.408 e. The number of amides is 2. The summed E-state index contributed by atoms with van der Waals surface area (Å²) in [4.78, 5) is 21.0. The van der Waals surface area contributed by atoms with E-state index in [9.17, 15) is 9.59 Å². The number of primary amides is 1. The van der Waals surface area contributed by atoms with Crippen molar-refractivity contribution in [1.82, 2.24) is 5.32 Å². The molecule has 0 radical (unpaired) electrons. The van der Waals surface area contributed by atoms with E-state index >= 15 is 0 Å². The predicted molar refractivity (Wildman–Crippen MR) is 43.4 cm³/mol. The van der Waals surface area contributed by atoms with Crippen LogP contribution in [0, 0.1) is 37.7 Å². The third kappa shape index (κ3) is 12.0. The summed E-state index contributed by atoms with van der Waals surface area (Å²) >= 11 is 0. The first kappa shape index (κ1) is 15.5. The minimum Gasteiger partial charge on any atom is -0.444 e. The van der Waals surface area contributed by atoms with Crippen molar-refractivity contribution >= 4 is 12.0 Å². The van der Waals surface area contributed by atoms with E-state index in [-0.39, 0.29) is 44.3 Å². The summed E-state index contributed by atoms with van der Waals surface area (Å²) in [5.41, 5.74) is 4.24. The van der Waals surface area contributed by atoms with Crippen LogP contribution in [0.4, 0.5) is 4.79 Å². The van der Waals surface area contributed by atoms with E-state index in [1.807, 2.05) is 0 Å². The molecule has 6 heteroatoms. The van der Waals surface area contributed by atoms with Crippen LogP contribution in [-0.2, 0) is 9.53 Å². The smallest absolute Gasteiger partial charge is 0.408 e. The topological polar surface area (TPSA) is 81.4 Å². The minimum atomic E-state index is -0.638. The van der Waals surface area contributed by atoms with Gasteiger partial charge in [-0.05, 0) is 20.8 Å². The van der Waals surface area contributed by atoms with Gasteiger partial charge in [0.05, 0.1) is 6.54 Å². The van der Waals surface area contributed by atoms with Crippen molar-refractivity contribution < 1.29 is 52.1 Å². The van der Waals surface area contributed by atoms with E-state index in [2.05, 4.69) is 5.32 Å². The number of carbonyl (C=O) groups is 2. The van der Waals surface area contributed by atoms with Gasteiger partial charge in [0.25, 0.3) is 0 Å². The van der Waals surface area contributed by atoms with Gasteiger partial charge in [0.2, 0.25) is 5.91 Å². The summed E-state index contributed by atoms with van der Waals surface area (Å²) in [6.07, 6.45) is -0.638. The number of nitrogens with two attached hydrogens (primary N) is 1. The number of alkyl carbamates (subject to hydrolysis) is 1. The average molecular weight is 214 g/mol. The summed E-state index contributed by atoms with van der Waals surface area (Å²) in [5.74, 6) is -0.596. The molecule has 78 valence electrons. The molecule has 5 nitrogen and oxygen atoms in total. The van der Waals surface area contributed by atoms with Crippen molar-refractivity contribution in [3.63, 3.8) is 0 Å². The van der Waals surface area contributed by atoms with Gasteiger partial charge < -0.3 is 15.8 Å². The monoisotopic (exact) mass is 214 g/mol. The second kappa shape index (κ2) is 6.45. The van der Waals surface area contributed by atoms with E-state index in [0.717, 1.165) is 0 Å². The molecular weight excluding hydrogens is 200 g/mol. The normalized spacial score (nSPS) is 9.77. The number of rotatable bonds is 2. The van der Waals surface area contributed by atoms with Crippen LogP contribution >= 0.6 is 0 Å². The van der Waals surface area contributed by atoms with Crippen molar-refractivity contribution in [3.8, 4) is 0 Å². The summed E-state index contributed by atoms with van der Waals surface area (Å²) in [6, 6.07) is 0. The Morgan fingerprint density at radius 3 is 2.15 bits per heavy atom. The fraction of sp³-hybridized carbons (Fsp3) is 0.714. The molecule has 0 aliphatic heterocycles. The molecule has 0 aromatic carbocycles. The molecule has 0 rings (SSSR count). The maximum atomic E-state index is 10.8. The quantitative estimate of drug-likeness (QED) is 0.678. The van der Waals surface area contributed by atoms with Crippen LogP contribution in [0.1, 0.15) is 20.8 Å². The Kier molecular flexibility index (Phi) is 7.68. The Bertz CT molecular complexity index is 189. The van der Waals surface area contributed by atoms with E-state index in [4.69, 9.17) is 10.5 Å². The van der Waals surface area contributed by atoms with Gasteiger partial charge in [0.1, 0.15) is 5.60 Å². The van der Waals surface area contributed by atoms with Gasteiger partial charge in [-0.25, -0.2) is 4.79 Å². The largest absolute Gasteiger partial charge is 0.444 e. The fourth-order valence-corrected chi connectivity index (χ4v) is 0.473. The zero-order valence-electron chi connectivity index (χ0n) is 7.86. The third-order valence-corrected chi connectivity index (χ3v) is 0.806. The van der Waals surface area contributed by atoms with Crippen LogP contribution in [-0.4, -0.2) is 24.1 Å². The Morgan fingerprint density at radius 1 is 1.38 bits per heavy atom. The number of hydrogen-bond acceptors (Lipinski definition) is 3. The molecular formula is C7H14ArN2O3.